The highest BCUT2D eigenvalue weighted by molar-refractivity contribution is 5.76. The molecule has 2 aliphatic heterocycles. The van der Waals surface area contributed by atoms with Gasteiger partial charge in [-0.15, -0.1) is 0 Å². The fraction of sp³-hybridized carbons (Fsp3) is 0.647. The van der Waals surface area contributed by atoms with Crippen LogP contribution < -0.4 is 5.32 Å². The maximum Gasteiger partial charge on any atom is 0.222 e. The van der Waals surface area contributed by atoms with E-state index in [0.29, 0.717) is 24.3 Å². The number of aryl methyl sites for hydroxylation is 1. The van der Waals surface area contributed by atoms with Crippen molar-refractivity contribution in [3.8, 4) is 0 Å². The van der Waals surface area contributed by atoms with Crippen LogP contribution in [0.1, 0.15) is 37.7 Å². The Morgan fingerprint density at radius 2 is 2.33 bits per heavy atom. The van der Waals surface area contributed by atoms with Gasteiger partial charge >= 0.3 is 0 Å². The van der Waals surface area contributed by atoms with Crippen molar-refractivity contribution in [2.24, 2.45) is 5.92 Å². The van der Waals surface area contributed by atoms with E-state index >= 15 is 0 Å². The van der Waals surface area contributed by atoms with E-state index < -0.39 is 0 Å². The van der Waals surface area contributed by atoms with Crippen molar-refractivity contribution in [3.63, 3.8) is 0 Å². The molecule has 1 N–H and O–H groups in total. The highest BCUT2D eigenvalue weighted by Crippen LogP contribution is 2.25. The molecule has 2 aliphatic rings. The van der Waals surface area contributed by atoms with Crippen LogP contribution in [0.25, 0.3) is 0 Å². The van der Waals surface area contributed by atoms with Gasteiger partial charge in [0.2, 0.25) is 5.91 Å². The third-order valence-electron chi connectivity index (χ3n) is 4.83. The molecule has 21 heavy (non-hydrogen) atoms. The standard InChI is InChI=1S/C17H25N3O/c21-17(8-7-14-4-1-9-18-12-14)20-11-3-5-15(13-20)16-6-2-10-19-16/h1,4,9,12,15-16,19H,2-3,5-8,10-11,13H2. The van der Waals surface area contributed by atoms with Gasteiger partial charge in [-0.2, -0.15) is 0 Å². The first-order valence-corrected chi connectivity index (χ1v) is 8.23. The number of hydrogen-bond acceptors (Lipinski definition) is 3. The highest BCUT2D eigenvalue weighted by Gasteiger charge is 2.30. The number of amides is 1. The molecule has 0 aliphatic carbocycles. The van der Waals surface area contributed by atoms with Crippen molar-refractivity contribution in [1.29, 1.82) is 0 Å². The van der Waals surface area contributed by atoms with E-state index in [0.717, 1.165) is 38.0 Å². The molecule has 4 nitrogen and oxygen atoms in total. The molecule has 3 rings (SSSR count). The lowest BCUT2D eigenvalue weighted by molar-refractivity contribution is -0.133. The molecule has 1 aromatic rings. The molecular weight excluding hydrogens is 262 g/mol. The molecule has 1 aromatic heterocycles. The molecule has 0 saturated carbocycles. The Hall–Kier alpha value is -1.42. The zero-order valence-electron chi connectivity index (χ0n) is 12.6. The van der Waals surface area contributed by atoms with Crippen molar-refractivity contribution >= 4 is 5.91 Å². The summed E-state index contributed by atoms with van der Waals surface area (Å²) in [7, 11) is 0. The smallest absolute Gasteiger partial charge is 0.222 e. The van der Waals surface area contributed by atoms with Gasteiger partial charge in [0.15, 0.2) is 0 Å². The molecule has 2 saturated heterocycles. The van der Waals surface area contributed by atoms with Crippen LogP contribution in [0, 0.1) is 5.92 Å². The summed E-state index contributed by atoms with van der Waals surface area (Å²) >= 11 is 0. The summed E-state index contributed by atoms with van der Waals surface area (Å²) < 4.78 is 0. The normalized spacial score (nSPS) is 26.0. The maximum absolute atomic E-state index is 12.4. The number of carbonyl (C=O) groups is 1. The molecular formula is C17H25N3O. The largest absolute Gasteiger partial charge is 0.342 e. The van der Waals surface area contributed by atoms with Gasteiger partial charge in [-0.05, 0) is 56.2 Å². The number of nitrogens with zero attached hydrogens (tertiary/aromatic N) is 2. The number of rotatable bonds is 4. The average Bonchev–Trinajstić information content (AvgIpc) is 3.08. The van der Waals surface area contributed by atoms with Gasteiger partial charge in [0.05, 0.1) is 0 Å². The van der Waals surface area contributed by atoms with Crippen LogP contribution >= 0.6 is 0 Å². The topological polar surface area (TPSA) is 45.2 Å². The minimum atomic E-state index is 0.307. The summed E-state index contributed by atoms with van der Waals surface area (Å²) in [5.74, 6) is 0.963. The van der Waals surface area contributed by atoms with Crippen LogP contribution in [-0.4, -0.2) is 41.5 Å². The molecule has 0 spiro atoms. The van der Waals surface area contributed by atoms with Gasteiger partial charge in [-0.25, -0.2) is 0 Å². The molecule has 0 aromatic carbocycles. The minimum Gasteiger partial charge on any atom is -0.342 e. The SMILES string of the molecule is O=C(CCc1cccnc1)N1CCCC(C2CCCN2)C1. The van der Waals surface area contributed by atoms with Crippen molar-refractivity contribution < 1.29 is 4.79 Å². The predicted molar refractivity (Wildman–Crippen MR) is 82.9 cm³/mol. The van der Waals surface area contributed by atoms with Crippen molar-refractivity contribution in [3.05, 3.63) is 30.1 Å². The molecule has 4 heteroatoms. The zero-order chi connectivity index (χ0) is 14.5. The Bertz CT molecular complexity index is 456. The van der Waals surface area contributed by atoms with Gasteiger partial charge in [-0.3, -0.25) is 9.78 Å². The molecule has 0 radical (unpaired) electrons. The minimum absolute atomic E-state index is 0.307. The lowest BCUT2D eigenvalue weighted by Crippen LogP contribution is -2.45. The summed E-state index contributed by atoms with van der Waals surface area (Å²) in [5.41, 5.74) is 1.15. The average molecular weight is 287 g/mol. The number of piperidine rings is 1. The number of carbonyl (C=O) groups excluding carboxylic acids is 1. The van der Waals surface area contributed by atoms with E-state index in [4.69, 9.17) is 0 Å². The Morgan fingerprint density at radius 3 is 3.10 bits per heavy atom. The molecule has 1 amide bonds. The Labute approximate surface area is 126 Å². The number of hydrogen-bond donors (Lipinski definition) is 1. The summed E-state index contributed by atoms with van der Waals surface area (Å²) in [6.45, 7) is 3.04. The fourth-order valence-corrected chi connectivity index (χ4v) is 3.63. The van der Waals surface area contributed by atoms with Crippen LogP contribution in [0.2, 0.25) is 0 Å². The molecule has 3 heterocycles. The second kappa shape index (κ2) is 7.03. The first-order chi connectivity index (χ1) is 10.3. The second-order valence-electron chi connectivity index (χ2n) is 6.31. The zero-order valence-corrected chi connectivity index (χ0v) is 12.6. The molecule has 0 bridgehead atoms. The van der Waals surface area contributed by atoms with E-state index in [1.165, 1.54) is 19.3 Å². The summed E-state index contributed by atoms with van der Waals surface area (Å²) in [5, 5.41) is 3.60. The third-order valence-corrected chi connectivity index (χ3v) is 4.83. The maximum atomic E-state index is 12.4. The van der Waals surface area contributed by atoms with Crippen LogP contribution in [0.5, 0.6) is 0 Å². The summed E-state index contributed by atoms with van der Waals surface area (Å²) in [4.78, 5) is 18.6. The fourth-order valence-electron chi connectivity index (χ4n) is 3.63. The predicted octanol–water partition coefficient (Wildman–Crippen LogP) is 2.00. The molecule has 2 atom stereocenters. The van der Waals surface area contributed by atoms with Crippen LogP contribution in [0.15, 0.2) is 24.5 Å². The second-order valence-corrected chi connectivity index (χ2v) is 6.31. The van der Waals surface area contributed by atoms with Gasteiger partial charge < -0.3 is 10.2 Å². The van der Waals surface area contributed by atoms with E-state index in [-0.39, 0.29) is 0 Å². The van der Waals surface area contributed by atoms with Crippen molar-refractivity contribution in [1.82, 2.24) is 15.2 Å². The van der Waals surface area contributed by atoms with E-state index in [1.807, 2.05) is 18.3 Å². The number of aromatic nitrogens is 1. The van der Waals surface area contributed by atoms with E-state index in [2.05, 4.69) is 15.2 Å². The van der Waals surface area contributed by atoms with Crippen LogP contribution in [-0.2, 0) is 11.2 Å². The molecule has 2 fully saturated rings. The number of likely N-dealkylation sites (tertiary alicyclic amines) is 1. The first kappa shape index (κ1) is 14.5. The van der Waals surface area contributed by atoms with Gasteiger partial charge in [0.1, 0.15) is 0 Å². The number of pyridine rings is 1. The van der Waals surface area contributed by atoms with E-state index in [1.54, 1.807) is 6.20 Å². The Morgan fingerprint density at radius 1 is 1.38 bits per heavy atom. The monoisotopic (exact) mass is 287 g/mol. The summed E-state index contributed by atoms with van der Waals surface area (Å²) in [6.07, 6.45) is 10.0. The molecule has 114 valence electrons. The first-order valence-electron chi connectivity index (χ1n) is 8.23. The lowest BCUT2D eigenvalue weighted by atomic mass is 9.89. The Balaban J connectivity index is 1.49. The highest BCUT2D eigenvalue weighted by atomic mass is 16.2. The molecule has 2 unspecified atom stereocenters. The lowest BCUT2D eigenvalue weighted by Gasteiger charge is -2.36. The number of nitrogens with one attached hydrogen (secondary N) is 1. The summed E-state index contributed by atoms with van der Waals surface area (Å²) in [6, 6.07) is 4.61. The van der Waals surface area contributed by atoms with Crippen molar-refractivity contribution in [2.75, 3.05) is 19.6 Å². The van der Waals surface area contributed by atoms with Crippen molar-refractivity contribution in [2.45, 2.75) is 44.6 Å². The van der Waals surface area contributed by atoms with Gasteiger partial charge in [-0.1, -0.05) is 6.07 Å². The van der Waals surface area contributed by atoms with Crippen LogP contribution in [0.3, 0.4) is 0 Å². The van der Waals surface area contributed by atoms with Gasteiger partial charge in [0.25, 0.3) is 0 Å². The Kier molecular flexibility index (Phi) is 4.86. The third kappa shape index (κ3) is 3.82. The van der Waals surface area contributed by atoms with E-state index in [9.17, 15) is 4.79 Å². The van der Waals surface area contributed by atoms with Crippen LogP contribution in [0.4, 0.5) is 0 Å². The van der Waals surface area contributed by atoms with Gasteiger partial charge in [0, 0.05) is 37.9 Å². The quantitative estimate of drug-likeness (QED) is 0.921.